The van der Waals surface area contributed by atoms with E-state index in [1.165, 1.54) is 0 Å². The Labute approximate surface area is 51.6 Å². The van der Waals surface area contributed by atoms with Crippen molar-refractivity contribution in [3.8, 4) is 0 Å². The molecule has 8 heavy (non-hydrogen) atoms. The molecule has 0 aliphatic carbocycles. The van der Waals surface area contributed by atoms with Crippen LogP contribution in [0.2, 0.25) is 0 Å². The molecule has 0 spiro atoms. The third kappa shape index (κ3) is 5.92. The van der Waals surface area contributed by atoms with Crippen molar-refractivity contribution in [2.45, 2.75) is 33.2 Å². The zero-order valence-electron chi connectivity index (χ0n) is 6.21. The van der Waals surface area contributed by atoms with E-state index < -0.39 is 0 Å². The molecule has 2 nitrogen and oxygen atoms in total. The Bertz CT molecular complexity index is 54.0. The van der Waals surface area contributed by atoms with Crippen LogP contribution in [-0.2, 0) is 0 Å². The van der Waals surface area contributed by atoms with Gasteiger partial charge in [0.2, 0.25) is 0 Å². The van der Waals surface area contributed by atoms with E-state index in [0.717, 1.165) is 6.54 Å². The van der Waals surface area contributed by atoms with Crippen molar-refractivity contribution in [1.29, 1.82) is 0 Å². The van der Waals surface area contributed by atoms with E-state index in [0.29, 0.717) is 0 Å². The van der Waals surface area contributed by atoms with Crippen molar-refractivity contribution in [3.63, 3.8) is 0 Å². The summed E-state index contributed by atoms with van der Waals surface area (Å²) in [6.45, 7) is 9.40. The highest BCUT2D eigenvalue weighted by Crippen LogP contribution is 1.94. The van der Waals surface area contributed by atoms with Gasteiger partial charge in [0.1, 0.15) is 0 Å². The summed E-state index contributed by atoms with van der Waals surface area (Å²) in [7, 11) is 0. The molecule has 50 valence electrons. The maximum atomic E-state index is 3.12. The van der Waals surface area contributed by atoms with Crippen LogP contribution < -0.4 is 10.9 Å². The Morgan fingerprint density at radius 2 is 1.75 bits per heavy atom. The standard InChI is InChI=1S/C6H16N2/c1-5-7-8-6(2,3)4/h7-8H,5H2,1-4H3. The molecule has 0 saturated carbocycles. The number of nitrogens with one attached hydrogen (secondary N) is 2. The topological polar surface area (TPSA) is 24.1 Å². The van der Waals surface area contributed by atoms with Crippen LogP contribution in [0, 0.1) is 0 Å². The van der Waals surface area contributed by atoms with Gasteiger partial charge in [-0.3, -0.25) is 10.9 Å². The van der Waals surface area contributed by atoms with E-state index in [4.69, 9.17) is 0 Å². The van der Waals surface area contributed by atoms with Crippen molar-refractivity contribution in [1.82, 2.24) is 10.9 Å². The lowest BCUT2D eigenvalue weighted by Crippen LogP contribution is -2.45. The average Bonchev–Trinajstić information content (AvgIpc) is 1.59. The first-order valence-corrected chi connectivity index (χ1v) is 3.06. The fourth-order valence-corrected chi connectivity index (χ4v) is 0.354. The van der Waals surface area contributed by atoms with E-state index in [1.807, 2.05) is 0 Å². The minimum absolute atomic E-state index is 0.190. The first kappa shape index (κ1) is 7.92. The summed E-state index contributed by atoms with van der Waals surface area (Å²) in [6, 6.07) is 0. The zero-order valence-corrected chi connectivity index (χ0v) is 6.21. The fourth-order valence-electron chi connectivity index (χ4n) is 0.354. The van der Waals surface area contributed by atoms with E-state index in [1.54, 1.807) is 0 Å². The molecule has 0 atom stereocenters. The minimum Gasteiger partial charge on any atom is -0.258 e. The van der Waals surface area contributed by atoms with Gasteiger partial charge in [0, 0.05) is 12.1 Å². The van der Waals surface area contributed by atoms with Gasteiger partial charge in [-0.1, -0.05) is 6.92 Å². The van der Waals surface area contributed by atoms with Gasteiger partial charge < -0.3 is 0 Å². The Balaban J connectivity index is 3.11. The quantitative estimate of drug-likeness (QED) is 0.524. The Morgan fingerprint density at radius 3 is 1.88 bits per heavy atom. The molecule has 0 fully saturated rings. The molecule has 0 radical (unpaired) electrons. The molecule has 0 aromatic carbocycles. The van der Waals surface area contributed by atoms with Gasteiger partial charge in [-0.05, 0) is 20.8 Å². The highest BCUT2D eigenvalue weighted by Gasteiger charge is 2.05. The lowest BCUT2D eigenvalue weighted by Gasteiger charge is -2.20. The summed E-state index contributed by atoms with van der Waals surface area (Å²) in [5.41, 5.74) is 6.35. The Kier molecular flexibility index (Phi) is 3.02. The van der Waals surface area contributed by atoms with Gasteiger partial charge in [0.25, 0.3) is 0 Å². The second-order valence-corrected chi connectivity index (χ2v) is 2.91. The monoisotopic (exact) mass is 116 g/mol. The predicted octanol–water partition coefficient (Wildman–Crippen LogP) is 0.899. The molecule has 2 N–H and O–H groups in total. The van der Waals surface area contributed by atoms with E-state index >= 15 is 0 Å². The van der Waals surface area contributed by atoms with Gasteiger partial charge in [-0.15, -0.1) is 0 Å². The first-order chi connectivity index (χ1) is 3.56. The normalized spacial score (nSPS) is 12.0. The van der Waals surface area contributed by atoms with Crippen molar-refractivity contribution < 1.29 is 0 Å². The second-order valence-electron chi connectivity index (χ2n) is 2.91. The summed E-state index contributed by atoms with van der Waals surface area (Å²) in [6.07, 6.45) is 0. The van der Waals surface area contributed by atoms with Gasteiger partial charge in [-0.25, -0.2) is 0 Å². The molecule has 0 amide bonds. The average molecular weight is 116 g/mol. The maximum Gasteiger partial charge on any atom is 0.0239 e. The molecule has 0 aliphatic rings. The molecule has 0 aromatic rings. The summed E-state index contributed by atoms with van der Waals surface area (Å²) in [5.74, 6) is 0. The molecule has 0 aromatic heterocycles. The van der Waals surface area contributed by atoms with Crippen LogP contribution in [0.1, 0.15) is 27.7 Å². The van der Waals surface area contributed by atoms with E-state index in [2.05, 4.69) is 38.5 Å². The second kappa shape index (κ2) is 3.05. The lowest BCUT2D eigenvalue weighted by atomic mass is 10.1. The number of hydrogen-bond donors (Lipinski definition) is 2. The third-order valence-electron chi connectivity index (χ3n) is 0.640. The van der Waals surface area contributed by atoms with Crippen LogP contribution >= 0.6 is 0 Å². The molecule has 0 saturated heterocycles. The van der Waals surface area contributed by atoms with Crippen LogP contribution in [0.4, 0.5) is 0 Å². The van der Waals surface area contributed by atoms with Gasteiger partial charge in [-0.2, -0.15) is 0 Å². The number of rotatable bonds is 2. The predicted molar refractivity (Wildman–Crippen MR) is 36.6 cm³/mol. The molecule has 0 rings (SSSR count). The molecular weight excluding hydrogens is 100 g/mol. The van der Waals surface area contributed by atoms with Crippen LogP contribution in [-0.4, -0.2) is 12.1 Å². The first-order valence-electron chi connectivity index (χ1n) is 3.06. The highest BCUT2D eigenvalue weighted by molar-refractivity contribution is 4.65. The van der Waals surface area contributed by atoms with Gasteiger partial charge >= 0.3 is 0 Å². The van der Waals surface area contributed by atoms with Gasteiger partial charge in [0.05, 0.1) is 0 Å². The zero-order chi connectivity index (χ0) is 6.62. The molecule has 0 aliphatic heterocycles. The molecular formula is C6H16N2. The third-order valence-corrected chi connectivity index (χ3v) is 0.640. The summed E-state index contributed by atoms with van der Waals surface area (Å²) >= 11 is 0. The van der Waals surface area contributed by atoms with E-state index in [9.17, 15) is 0 Å². The number of hydrazine groups is 1. The molecule has 0 unspecified atom stereocenters. The maximum absolute atomic E-state index is 3.12. The Hall–Kier alpha value is -0.0800. The van der Waals surface area contributed by atoms with Crippen LogP contribution in [0.15, 0.2) is 0 Å². The van der Waals surface area contributed by atoms with Crippen molar-refractivity contribution in [3.05, 3.63) is 0 Å². The van der Waals surface area contributed by atoms with Gasteiger partial charge in [0.15, 0.2) is 0 Å². The van der Waals surface area contributed by atoms with Crippen LogP contribution in [0.25, 0.3) is 0 Å². The SMILES string of the molecule is CCNNC(C)(C)C. The highest BCUT2D eigenvalue weighted by atomic mass is 15.4. The largest absolute Gasteiger partial charge is 0.258 e. The van der Waals surface area contributed by atoms with Crippen LogP contribution in [0.5, 0.6) is 0 Å². The summed E-state index contributed by atoms with van der Waals surface area (Å²) in [5, 5.41) is 0. The van der Waals surface area contributed by atoms with E-state index in [-0.39, 0.29) is 5.54 Å². The molecule has 2 heteroatoms. The smallest absolute Gasteiger partial charge is 0.0239 e. The fraction of sp³-hybridized carbons (Fsp3) is 1.00. The van der Waals surface area contributed by atoms with Crippen molar-refractivity contribution in [2.75, 3.05) is 6.54 Å². The van der Waals surface area contributed by atoms with Crippen molar-refractivity contribution in [2.24, 2.45) is 0 Å². The Morgan fingerprint density at radius 1 is 1.25 bits per heavy atom. The van der Waals surface area contributed by atoms with Crippen molar-refractivity contribution >= 4 is 0 Å². The molecule has 0 heterocycles. The minimum atomic E-state index is 0.190. The molecule has 0 bridgehead atoms. The lowest BCUT2D eigenvalue weighted by molar-refractivity contribution is 0.364. The summed E-state index contributed by atoms with van der Waals surface area (Å²) in [4.78, 5) is 0. The number of hydrogen-bond acceptors (Lipinski definition) is 2. The van der Waals surface area contributed by atoms with Crippen LogP contribution in [0.3, 0.4) is 0 Å². The summed E-state index contributed by atoms with van der Waals surface area (Å²) < 4.78 is 0.